The van der Waals surface area contributed by atoms with Crippen LogP contribution < -0.4 is 4.90 Å². The van der Waals surface area contributed by atoms with Crippen molar-refractivity contribution >= 4 is 49.3 Å². The standard InChI is InChI=1S/C20H17BrClF3N2O4S/c21-16-5-4-13(10-15(16)20(23,24)25)32(29,30)26-8-6-12(7-9-26)27-18-3-1-2-17(22)14(18)11-31-19(27)28/h1-5,10,12H,6-9,11H2. The molecule has 1 saturated heterocycles. The van der Waals surface area contributed by atoms with Crippen LogP contribution in [0.2, 0.25) is 5.02 Å². The van der Waals surface area contributed by atoms with Gasteiger partial charge in [0.25, 0.3) is 0 Å². The van der Waals surface area contributed by atoms with Crippen LogP contribution in [-0.2, 0) is 27.5 Å². The zero-order chi connectivity index (χ0) is 23.3. The van der Waals surface area contributed by atoms with Crippen molar-refractivity contribution in [2.75, 3.05) is 18.0 Å². The van der Waals surface area contributed by atoms with Crippen molar-refractivity contribution in [2.24, 2.45) is 0 Å². The molecule has 0 unspecified atom stereocenters. The first-order chi connectivity index (χ1) is 15.0. The number of hydrogen-bond acceptors (Lipinski definition) is 4. The number of nitrogens with zero attached hydrogens (tertiary/aromatic N) is 2. The predicted octanol–water partition coefficient (Wildman–Crippen LogP) is 5.43. The Kier molecular flexibility index (Phi) is 6.21. The summed E-state index contributed by atoms with van der Waals surface area (Å²) in [4.78, 5) is 13.5. The molecule has 2 aliphatic heterocycles. The van der Waals surface area contributed by atoms with Gasteiger partial charge in [0.05, 0.1) is 16.1 Å². The monoisotopic (exact) mass is 552 g/mol. The molecule has 2 heterocycles. The fraction of sp³-hybridized carbons (Fsp3) is 0.350. The SMILES string of the molecule is O=C1OCc2c(Cl)cccc2N1C1CCN(S(=O)(=O)c2ccc(Br)c(C(F)(F)F)c2)CC1. The number of amides is 1. The van der Waals surface area contributed by atoms with E-state index in [0.29, 0.717) is 35.2 Å². The highest BCUT2D eigenvalue weighted by molar-refractivity contribution is 9.10. The van der Waals surface area contributed by atoms with Crippen LogP contribution in [0, 0.1) is 0 Å². The third-order valence-electron chi connectivity index (χ3n) is 5.56. The molecule has 2 aromatic carbocycles. The molecular formula is C20H17BrClF3N2O4S. The molecule has 0 spiro atoms. The molecule has 0 aliphatic carbocycles. The Balaban J connectivity index is 1.55. The minimum Gasteiger partial charge on any atom is -0.444 e. The van der Waals surface area contributed by atoms with Gasteiger partial charge in [-0.2, -0.15) is 17.5 Å². The Bertz CT molecular complexity index is 1170. The smallest absolute Gasteiger partial charge is 0.417 e. The first-order valence-electron chi connectivity index (χ1n) is 9.60. The van der Waals surface area contributed by atoms with Crippen molar-refractivity contribution < 1.29 is 31.1 Å². The Morgan fingerprint density at radius 3 is 2.47 bits per heavy atom. The van der Waals surface area contributed by atoms with Crippen molar-refractivity contribution in [3.05, 3.63) is 57.0 Å². The van der Waals surface area contributed by atoms with Crippen LogP contribution >= 0.6 is 27.5 Å². The zero-order valence-corrected chi connectivity index (χ0v) is 19.6. The average molecular weight is 554 g/mol. The number of carbonyl (C=O) groups is 1. The fourth-order valence-corrected chi connectivity index (χ4v) is 6.13. The van der Waals surface area contributed by atoms with E-state index in [9.17, 15) is 26.4 Å². The Morgan fingerprint density at radius 2 is 1.81 bits per heavy atom. The number of ether oxygens (including phenoxy) is 1. The molecule has 1 fully saturated rings. The lowest BCUT2D eigenvalue weighted by Crippen LogP contribution is -2.50. The molecule has 4 rings (SSSR count). The lowest BCUT2D eigenvalue weighted by Gasteiger charge is -2.40. The number of carbonyl (C=O) groups excluding carboxylic acids is 1. The van der Waals surface area contributed by atoms with E-state index in [4.69, 9.17) is 16.3 Å². The Morgan fingerprint density at radius 1 is 1.12 bits per heavy atom. The molecule has 0 bridgehead atoms. The maximum absolute atomic E-state index is 13.2. The summed E-state index contributed by atoms with van der Waals surface area (Å²) >= 11 is 9.03. The number of piperidine rings is 1. The predicted molar refractivity (Wildman–Crippen MR) is 115 cm³/mol. The zero-order valence-electron chi connectivity index (χ0n) is 16.4. The minimum absolute atomic E-state index is 0.0457. The summed E-state index contributed by atoms with van der Waals surface area (Å²) < 4.78 is 71.7. The van der Waals surface area contributed by atoms with Crippen LogP contribution in [0.15, 0.2) is 45.8 Å². The van der Waals surface area contributed by atoms with E-state index in [1.165, 1.54) is 4.90 Å². The highest BCUT2D eigenvalue weighted by Gasteiger charge is 2.39. The lowest BCUT2D eigenvalue weighted by atomic mass is 10.0. The highest BCUT2D eigenvalue weighted by Crippen LogP contribution is 2.38. The summed E-state index contributed by atoms with van der Waals surface area (Å²) in [5, 5.41) is 0.468. The van der Waals surface area contributed by atoms with E-state index >= 15 is 0 Å². The fourth-order valence-electron chi connectivity index (χ4n) is 3.94. The van der Waals surface area contributed by atoms with E-state index in [0.717, 1.165) is 16.4 Å². The maximum Gasteiger partial charge on any atom is 0.417 e. The van der Waals surface area contributed by atoms with E-state index in [1.807, 2.05) is 0 Å². The van der Waals surface area contributed by atoms with Crippen molar-refractivity contribution in [2.45, 2.75) is 36.6 Å². The first-order valence-corrected chi connectivity index (χ1v) is 12.2. The van der Waals surface area contributed by atoms with Gasteiger partial charge in [-0.25, -0.2) is 13.2 Å². The van der Waals surface area contributed by atoms with Gasteiger partial charge >= 0.3 is 12.3 Å². The van der Waals surface area contributed by atoms with Gasteiger partial charge in [0.1, 0.15) is 6.61 Å². The third-order valence-corrected chi connectivity index (χ3v) is 8.50. The third kappa shape index (κ3) is 4.23. The van der Waals surface area contributed by atoms with Crippen molar-refractivity contribution in [1.29, 1.82) is 0 Å². The molecule has 0 radical (unpaired) electrons. The summed E-state index contributed by atoms with van der Waals surface area (Å²) in [5.41, 5.74) is 0.245. The largest absolute Gasteiger partial charge is 0.444 e. The summed E-state index contributed by atoms with van der Waals surface area (Å²) in [6.07, 6.45) is -4.64. The first kappa shape index (κ1) is 23.3. The maximum atomic E-state index is 13.2. The molecule has 0 atom stereocenters. The Labute approximate surface area is 196 Å². The number of halogens is 5. The topological polar surface area (TPSA) is 66.9 Å². The summed E-state index contributed by atoms with van der Waals surface area (Å²) in [7, 11) is -4.14. The van der Waals surface area contributed by atoms with E-state index in [-0.39, 0.29) is 30.2 Å². The van der Waals surface area contributed by atoms with Gasteiger partial charge in [-0.1, -0.05) is 33.6 Å². The van der Waals surface area contributed by atoms with Crippen LogP contribution in [0.1, 0.15) is 24.0 Å². The average Bonchev–Trinajstić information content (AvgIpc) is 2.73. The van der Waals surface area contributed by atoms with Crippen molar-refractivity contribution in [3.63, 3.8) is 0 Å². The Hall–Kier alpha value is -1.82. The number of sulfonamides is 1. The molecule has 2 aliphatic rings. The second-order valence-electron chi connectivity index (χ2n) is 7.44. The van der Waals surface area contributed by atoms with Gasteiger partial charge in [-0.05, 0) is 43.2 Å². The molecule has 0 saturated carbocycles. The molecule has 0 N–H and O–H groups in total. The molecular weight excluding hydrogens is 537 g/mol. The molecule has 172 valence electrons. The quantitative estimate of drug-likeness (QED) is 0.508. The van der Waals surface area contributed by atoms with Crippen LogP contribution in [0.4, 0.5) is 23.7 Å². The van der Waals surface area contributed by atoms with Crippen LogP contribution in [0.25, 0.3) is 0 Å². The van der Waals surface area contributed by atoms with Gasteiger partial charge in [0.15, 0.2) is 0 Å². The van der Waals surface area contributed by atoms with Gasteiger partial charge in [0.2, 0.25) is 10.0 Å². The highest BCUT2D eigenvalue weighted by atomic mass is 79.9. The summed E-state index contributed by atoms with van der Waals surface area (Å²) in [6, 6.07) is 7.69. The molecule has 0 aromatic heterocycles. The summed E-state index contributed by atoms with van der Waals surface area (Å²) in [5.74, 6) is 0. The molecule has 2 aromatic rings. The van der Waals surface area contributed by atoms with E-state index in [2.05, 4.69) is 15.9 Å². The number of hydrogen-bond donors (Lipinski definition) is 0. The van der Waals surface area contributed by atoms with E-state index in [1.54, 1.807) is 18.2 Å². The van der Waals surface area contributed by atoms with Gasteiger partial charge in [-0.3, -0.25) is 4.90 Å². The van der Waals surface area contributed by atoms with Crippen LogP contribution in [0.3, 0.4) is 0 Å². The van der Waals surface area contributed by atoms with Crippen molar-refractivity contribution in [3.8, 4) is 0 Å². The summed E-state index contributed by atoms with van der Waals surface area (Å²) in [6.45, 7) is 0.150. The van der Waals surface area contributed by atoms with Crippen LogP contribution in [0.5, 0.6) is 0 Å². The number of rotatable bonds is 3. The molecule has 32 heavy (non-hydrogen) atoms. The van der Waals surface area contributed by atoms with Crippen molar-refractivity contribution in [1.82, 2.24) is 4.31 Å². The molecule has 1 amide bonds. The minimum atomic E-state index is -4.69. The number of benzene rings is 2. The van der Waals surface area contributed by atoms with Crippen LogP contribution in [-0.4, -0.2) is 37.9 Å². The second kappa shape index (κ2) is 8.51. The normalized spacial score (nSPS) is 18.4. The molecule has 6 nitrogen and oxygen atoms in total. The number of anilines is 1. The molecule has 12 heteroatoms. The second-order valence-corrected chi connectivity index (χ2v) is 10.6. The number of cyclic esters (lactones) is 1. The number of fused-ring (bicyclic) bond motifs is 1. The van der Waals surface area contributed by atoms with Gasteiger partial charge < -0.3 is 4.74 Å². The number of alkyl halides is 3. The van der Waals surface area contributed by atoms with Gasteiger partial charge in [-0.15, -0.1) is 0 Å². The lowest BCUT2D eigenvalue weighted by molar-refractivity contribution is -0.138. The van der Waals surface area contributed by atoms with Gasteiger partial charge in [0, 0.05) is 34.2 Å². The van der Waals surface area contributed by atoms with E-state index < -0.39 is 32.8 Å².